The van der Waals surface area contributed by atoms with Crippen molar-refractivity contribution in [1.82, 2.24) is 4.72 Å². The molecule has 2 rings (SSSR count). The van der Waals surface area contributed by atoms with Crippen LogP contribution in [0.2, 0.25) is 0 Å². The summed E-state index contributed by atoms with van der Waals surface area (Å²) in [5.41, 5.74) is 0.502. The van der Waals surface area contributed by atoms with E-state index in [1.807, 2.05) is 0 Å². The van der Waals surface area contributed by atoms with E-state index in [1.54, 1.807) is 6.92 Å². The van der Waals surface area contributed by atoms with E-state index in [-0.39, 0.29) is 16.5 Å². The lowest BCUT2D eigenvalue weighted by molar-refractivity contribution is 0.0695. The van der Waals surface area contributed by atoms with E-state index >= 15 is 0 Å². The maximum absolute atomic E-state index is 12.3. The van der Waals surface area contributed by atoms with E-state index in [0.717, 1.165) is 19.3 Å². The quantitative estimate of drug-likeness (QED) is 0.800. The van der Waals surface area contributed by atoms with Crippen LogP contribution in [0.25, 0.3) is 0 Å². The number of carboxylic acid groups (broad SMARTS) is 1. The summed E-state index contributed by atoms with van der Waals surface area (Å²) in [6, 6.07) is 2.63. The molecule has 2 unspecified atom stereocenters. The first kappa shape index (κ1) is 16.5. The molecule has 7 heteroatoms. The van der Waals surface area contributed by atoms with E-state index < -0.39 is 16.0 Å². The first-order valence-electron chi connectivity index (χ1n) is 6.82. The summed E-state index contributed by atoms with van der Waals surface area (Å²) in [5.74, 6) is -0.738. The Morgan fingerprint density at radius 1 is 1.48 bits per heavy atom. The number of carbonyl (C=O) groups is 1. The highest BCUT2D eigenvalue weighted by Gasteiger charge is 2.39. The van der Waals surface area contributed by atoms with Crippen LogP contribution in [0.15, 0.2) is 21.5 Å². The highest BCUT2D eigenvalue weighted by atomic mass is 79.9. The molecular weight excluding hydrogens is 358 g/mol. The van der Waals surface area contributed by atoms with Gasteiger partial charge in [-0.05, 0) is 43.4 Å². The van der Waals surface area contributed by atoms with E-state index in [2.05, 4.69) is 27.6 Å². The van der Waals surface area contributed by atoms with Gasteiger partial charge in [-0.2, -0.15) is 0 Å². The summed E-state index contributed by atoms with van der Waals surface area (Å²) in [6.45, 7) is 3.70. The van der Waals surface area contributed by atoms with Gasteiger partial charge in [0.05, 0.1) is 10.5 Å². The minimum Gasteiger partial charge on any atom is -0.478 e. The molecule has 1 aromatic carbocycles. The van der Waals surface area contributed by atoms with Gasteiger partial charge in [-0.15, -0.1) is 0 Å². The zero-order valence-corrected chi connectivity index (χ0v) is 14.3. The van der Waals surface area contributed by atoms with E-state index in [4.69, 9.17) is 5.11 Å². The molecule has 0 bridgehead atoms. The standard InChI is InChI=1S/C14H18BrNO4S/c1-3-4-9-5-13(9)16-21(19,20)10-6-11(14(17)18)8(2)12(15)7-10/h6-7,9,13,16H,3-5H2,1-2H3,(H,17,18). The second kappa shape index (κ2) is 6.06. The van der Waals surface area contributed by atoms with E-state index in [0.29, 0.717) is 16.0 Å². The Morgan fingerprint density at radius 3 is 2.71 bits per heavy atom. The number of hydrogen-bond donors (Lipinski definition) is 2. The smallest absolute Gasteiger partial charge is 0.336 e. The number of nitrogens with one attached hydrogen (secondary N) is 1. The summed E-state index contributed by atoms with van der Waals surface area (Å²) < 4.78 is 27.8. The molecule has 116 valence electrons. The summed E-state index contributed by atoms with van der Waals surface area (Å²) in [4.78, 5) is 11.2. The zero-order valence-electron chi connectivity index (χ0n) is 11.9. The SMILES string of the molecule is CCCC1CC1NS(=O)(=O)c1cc(Br)c(C)c(C(=O)O)c1. The highest BCUT2D eigenvalue weighted by Crippen LogP contribution is 2.36. The molecule has 1 aliphatic carbocycles. The molecule has 0 aliphatic heterocycles. The molecule has 0 radical (unpaired) electrons. The van der Waals surface area contributed by atoms with Crippen molar-refractivity contribution >= 4 is 31.9 Å². The van der Waals surface area contributed by atoms with Crippen molar-refractivity contribution < 1.29 is 18.3 Å². The monoisotopic (exact) mass is 375 g/mol. The fraction of sp³-hybridized carbons (Fsp3) is 0.500. The number of halogens is 1. The molecule has 1 fully saturated rings. The van der Waals surface area contributed by atoms with Gasteiger partial charge in [0.25, 0.3) is 0 Å². The molecular formula is C14H18BrNO4S. The predicted octanol–water partition coefficient (Wildman–Crippen LogP) is 2.92. The molecule has 0 heterocycles. The van der Waals surface area contributed by atoms with Gasteiger partial charge in [0, 0.05) is 10.5 Å². The van der Waals surface area contributed by atoms with Crippen molar-refractivity contribution in [3.05, 3.63) is 27.7 Å². The second-order valence-corrected chi connectivity index (χ2v) is 7.96. The van der Waals surface area contributed by atoms with Gasteiger partial charge in [-0.25, -0.2) is 17.9 Å². The van der Waals surface area contributed by atoms with Crippen molar-refractivity contribution in [3.8, 4) is 0 Å². The molecule has 5 nitrogen and oxygen atoms in total. The Morgan fingerprint density at radius 2 is 2.14 bits per heavy atom. The van der Waals surface area contributed by atoms with Crippen LogP contribution < -0.4 is 4.72 Å². The molecule has 0 amide bonds. The first-order valence-corrected chi connectivity index (χ1v) is 9.09. The largest absolute Gasteiger partial charge is 0.478 e. The number of rotatable bonds is 6. The third kappa shape index (κ3) is 3.64. The van der Waals surface area contributed by atoms with Gasteiger partial charge in [0.2, 0.25) is 10.0 Å². The topological polar surface area (TPSA) is 83.5 Å². The van der Waals surface area contributed by atoms with Gasteiger partial charge in [0.1, 0.15) is 0 Å². The number of aromatic carboxylic acids is 1. The molecule has 0 saturated heterocycles. The van der Waals surface area contributed by atoms with Crippen LogP contribution in [0.3, 0.4) is 0 Å². The highest BCUT2D eigenvalue weighted by molar-refractivity contribution is 9.10. The lowest BCUT2D eigenvalue weighted by Gasteiger charge is -2.10. The fourth-order valence-electron chi connectivity index (χ4n) is 2.38. The molecule has 0 spiro atoms. The van der Waals surface area contributed by atoms with Crippen LogP contribution in [0, 0.1) is 12.8 Å². The van der Waals surface area contributed by atoms with E-state index in [1.165, 1.54) is 12.1 Å². The number of hydrogen-bond acceptors (Lipinski definition) is 3. The Bertz CT molecular complexity index is 672. The fourth-order valence-corrected chi connectivity index (χ4v) is 4.36. The Labute approximate surface area is 132 Å². The maximum Gasteiger partial charge on any atom is 0.336 e. The van der Waals surface area contributed by atoms with Crippen LogP contribution in [-0.2, 0) is 10.0 Å². The van der Waals surface area contributed by atoms with Crippen molar-refractivity contribution in [2.45, 2.75) is 44.0 Å². The maximum atomic E-state index is 12.3. The van der Waals surface area contributed by atoms with E-state index in [9.17, 15) is 13.2 Å². The minimum absolute atomic E-state index is 0.00865. The van der Waals surface area contributed by atoms with Crippen LogP contribution >= 0.6 is 15.9 Å². The molecule has 21 heavy (non-hydrogen) atoms. The second-order valence-electron chi connectivity index (χ2n) is 5.40. The van der Waals surface area contributed by atoms with Crippen molar-refractivity contribution in [3.63, 3.8) is 0 Å². The summed E-state index contributed by atoms with van der Waals surface area (Å²) in [6.07, 6.45) is 2.89. The Hall–Kier alpha value is -0.920. The van der Waals surface area contributed by atoms with Crippen LogP contribution in [0.4, 0.5) is 0 Å². The first-order chi connectivity index (χ1) is 9.76. The van der Waals surface area contributed by atoms with Gasteiger partial charge in [-0.1, -0.05) is 29.3 Å². The van der Waals surface area contributed by atoms with Crippen LogP contribution in [0.1, 0.15) is 42.1 Å². The molecule has 1 aliphatic rings. The Balaban J connectivity index is 2.27. The lowest BCUT2D eigenvalue weighted by Crippen LogP contribution is -2.27. The average molecular weight is 376 g/mol. The third-order valence-corrected chi connectivity index (χ3v) is 6.04. The van der Waals surface area contributed by atoms with Crippen molar-refractivity contribution in [2.24, 2.45) is 5.92 Å². The molecule has 2 atom stereocenters. The van der Waals surface area contributed by atoms with Gasteiger partial charge < -0.3 is 5.11 Å². The minimum atomic E-state index is -3.69. The van der Waals surface area contributed by atoms with Gasteiger partial charge >= 0.3 is 5.97 Å². The lowest BCUT2D eigenvalue weighted by atomic mass is 10.1. The number of sulfonamides is 1. The summed E-state index contributed by atoms with van der Waals surface area (Å²) >= 11 is 3.22. The van der Waals surface area contributed by atoms with Crippen LogP contribution in [-0.4, -0.2) is 25.5 Å². The van der Waals surface area contributed by atoms with Crippen molar-refractivity contribution in [2.75, 3.05) is 0 Å². The third-order valence-electron chi connectivity index (χ3n) is 3.75. The number of benzene rings is 1. The normalized spacial score (nSPS) is 21.3. The molecule has 0 aromatic heterocycles. The van der Waals surface area contributed by atoms with Gasteiger partial charge in [-0.3, -0.25) is 0 Å². The molecule has 1 saturated carbocycles. The summed E-state index contributed by atoms with van der Waals surface area (Å²) in [7, 11) is -3.69. The van der Waals surface area contributed by atoms with Crippen molar-refractivity contribution in [1.29, 1.82) is 0 Å². The van der Waals surface area contributed by atoms with Gasteiger partial charge in [0.15, 0.2) is 0 Å². The average Bonchev–Trinajstić information content (AvgIpc) is 3.09. The predicted molar refractivity (Wildman–Crippen MR) is 83.0 cm³/mol. The number of carboxylic acids is 1. The zero-order chi connectivity index (χ0) is 15.8. The van der Waals surface area contributed by atoms with Crippen LogP contribution in [0.5, 0.6) is 0 Å². The summed E-state index contributed by atoms with van der Waals surface area (Å²) in [5, 5.41) is 9.15. The Kier molecular flexibility index (Phi) is 4.75. The molecule has 2 N–H and O–H groups in total. The molecule has 1 aromatic rings.